The van der Waals surface area contributed by atoms with Crippen molar-refractivity contribution in [3.8, 4) is 0 Å². The van der Waals surface area contributed by atoms with Gasteiger partial charge in [-0.15, -0.1) is 0 Å². The Labute approximate surface area is 85.8 Å². The van der Waals surface area contributed by atoms with E-state index in [4.69, 9.17) is 19.6 Å². The molecule has 0 aromatic carbocycles. The Kier molecular flexibility index (Phi) is 3.46. The molecular formula is C5H12NO7P2-. The summed E-state index contributed by atoms with van der Waals surface area (Å²) < 4.78 is 22.3. The van der Waals surface area contributed by atoms with Crippen LogP contribution >= 0.6 is 15.2 Å². The normalized spacial score (nSPS) is 24.1. The molecule has 0 aliphatic carbocycles. The van der Waals surface area contributed by atoms with Gasteiger partial charge >= 0.3 is 15.2 Å². The van der Waals surface area contributed by atoms with Crippen molar-refractivity contribution < 1.29 is 28.7 Å². The van der Waals surface area contributed by atoms with E-state index in [1.54, 1.807) is 0 Å². The number of rotatable bonds is 2. The van der Waals surface area contributed by atoms with Crippen molar-refractivity contribution in [2.24, 2.45) is 0 Å². The Hall–Kier alpha value is 0.220. The molecule has 1 aliphatic heterocycles. The van der Waals surface area contributed by atoms with Gasteiger partial charge in [0.1, 0.15) is 0 Å². The summed E-state index contributed by atoms with van der Waals surface area (Å²) in [4.78, 5) is 35.9. The zero-order valence-electron chi connectivity index (χ0n) is 7.68. The average molecular weight is 260 g/mol. The van der Waals surface area contributed by atoms with Crippen LogP contribution in [0.2, 0.25) is 0 Å². The van der Waals surface area contributed by atoms with Gasteiger partial charge in [0, 0.05) is 0 Å². The lowest BCUT2D eigenvalue weighted by Gasteiger charge is -2.50. The summed E-state index contributed by atoms with van der Waals surface area (Å²) in [7, 11) is -10.4. The predicted molar refractivity (Wildman–Crippen MR) is 50.7 cm³/mol. The van der Waals surface area contributed by atoms with Crippen LogP contribution in [0.15, 0.2) is 0 Å². The average Bonchev–Trinajstić information content (AvgIpc) is 2.00. The first-order valence-corrected chi connectivity index (χ1v) is 7.41. The van der Waals surface area contributed by atoms with Crippen LogP contribution < -0.4 is 0 Å². The van der Waals surface area contributed by atoms with Crippen LogP contribution in [0.4, 0.5) is 0 Å². The molecule has 1 saturated heterocycles. The topological polar surface area (TPSA) is 141 Å². The van der Waals surface area contributed by atoms with Gasteiger partial charge in [-0.3, -0.25) is 9.13 Å². The van der Waals surface area contributed by atoms with E-state index in [1.165, 1.54) is 0 Å². The fraction of sp³-hybridized carbons (Fsp3) is 1.00. The molecule has 0 saturated carbocycles. The molecule has 0 aromatic rings. The molecular weight excluding hydrogens is 248 g/mol. The van der Waals surface area contributed by atoms with E-state index in [1.807, 2.05) is 0 Å². The lowest BCUT2D eigenvalue weighted by molar-refractivity contribution is 0.166. The van der Waals surface area contributed by atoms with Crippen LogP contribution in [-0.2, 0) is 9.13 Å². The van der Waals surface area contributed by atoms with Gasteiger partial charge in [0.25, 0.3) is 0 Å². The fourth-order valence-electron chi connectivity index (χ4n) is 1.67. The lowest BCUT2D eigenvalue weighted by atomic mass is 10.1. The minimum atomic E-state index is -5.20. The summed E-state index contributed by atoms with van der Waals surface area (Å²) in [5.41, 5.74) is 0. The molecule has 0 atom stereocenters. The highest BCUT2D eigenvalue weighted by Crippen LogP contribution is 2.72. The number of hydrogen-bond acceptors (Lipinski definition) is 4. The van der Waals surface area contributed by atoms with Crippen LogP contribution in [0.5, 0.6) is 0 Å². The third-order valence-corrected chi connectivity index (χ3v) is 6.78. The Morgan fingerprint density at radius 3 is 1.80 bits per heavy atom. The molecule has 0 bridgehead atoms. The molecule has 15 heavy (non-hydrogen) atoms. The first-order valence-electron chi connectivity index (χ1n) is 4.19. The second-order valence-corrected chi connectivity index (χ2v) is 7.43. The Morgan fingerprint density at radius 2 is 1.53 bits per heavy atom. The summed E-state index contributed by atoms with van der Waals surface area (Å²) in [6.07, 6.45) is 0.0747. The summed E-state index contributed by atoms with van der Waals surface area (Å²) in [6.45, 7) is -0.282. The van der Waals surface area contributed by atoms with Crippen LogP contribution in [0.3, 0.4) is 0 Å². The molecule has 10 heteroatoms. The minimum absolute atomic E-state index is 0.155. The molecule has 8 nitrogen and oxygen atoms in total. The van der Waals surface area contributed by atoms with Crippen LogP contribution in [0.1, 0.15) is 19.3 Å². The van der Waals surface area contributed by atoms with Gasteiger partial charge < -0.3 is 29.8 Å². The zero-order valence-corrected chi connectivity index (χ0v) is 9.47. The van der Waals surface area contributed by atoms with Gasteiger partial charge in [-0.2, -0.15) is 0 Å². The summed E-state index contributed by atoms with van der Waals surface area (Å²) >= 11 is 0. The first-order chi connectivity index (χ1) is 6.63. The largest absolute Gasteiger partial charge is 0.784 e. The van der Waals surface area contributed by atoms with Gasteiger partial charge in [0.05, 0.1) is 0 Å². The van der Waals surface area contributed by atoms with E-state index in [0.717, 1.165) is 0 Å². The first kappa shape index (κ1) is 13.3. The van der Waals surface area contributed by atoms with Crippen molar-refractivity contribution in [2.75, 3.05) is 6.54 Å². The second kappa shape index (κ2) is 3.91. The highest BCUT2D eigenvalue weighted by atomic mass is 31.2. The Morgan fingerprint density at radius 1 is 1.07 bits per heavy atom. The summed E-state index contributed by atoms with van der Waals surface area (Å²) in [6, 6.07) is 0. The number of hydroxylamine groups is 2. The fourth-order valence-corrected chi connectivity index (χ4v) is 4.71. The van der Waals surface area contributed by atoms with E-state index in [0.29, 0.717) is 6.42 Å². The third-order valence-electron chi connectivity index (χ3n) is 2.46. The van der Waals surface area contributed by atoms with Crippen molar-refractivity contribution >= 4 is 15.2 Å². The van der Waals surface area contributed by atoms with Gasteiger partial charge in [-0.25, -0.2) is 0 Å². The van der Waals surface area contributed by atoms with Gasteiger partial charge in [-0.1, -0.05) is 0 Å². The number of piperidine rings is 1. The smallest absolute Gasteiger partial charge is 0.357 e. The van der Waals surface area contributed by atoms with Crippen molar-refractivity contribution in [1.82, 2.24) is 5.06 Å². The van der Waals surface area contributed by atoms with Crippen molar-refractivity contribution in [3.63, 3.8) is 0 Å². The monoisotopic (exact) mass is 260 g/mol. The SMILES string of the molecule is O=P(O)(O)C1(P(=O)(O)O)CCCCN1[O-]. The van der Waals surface area contributed by atoms with E-state index in [9.17, 15) is 14.3 Å². The van der Waals surface area contributed by atoms with E-state index in [-0.39, 0.29) is 18.0 Å². The van der Waals surface area contributed by atoms with Gasteiger partial charge in [0.2, 0.25) is 5.02 Å². The molecule has 1 rings (SSSR count). The molecule has 90 valence electrons. The maximum absolute atomic E-state index is 11.3. The molecule has 4 N–H and O–H groups in total. The quantitative estimate of drug-likeness (QED) is 0.507. The van der Waals surface area contributed by atoms with Crippen LogP contribution in [0, 0.1) is 5.21 Å². The second-order valence-electron chi connectivity index (χ2n) is 3.42. The highest BCUT2D eigenvalue weighted by molar-refractivity contribution is 7.72. The van der Waals surface area contributed by atoms with Crippen LogP contribution in [0.25, 0.3) is 0 Å². The Bertz CT molecular complexity index is 310. The zero-order chi connectivity index (χ0) is 11.9. The summed E-state index contributed by atoms with van der Waals surface area (Å²) in [5.74, 6) is 0. The van der Waals surface area contributed by atoms with Crippen molar-refractivity contribution in [2.45, 2.75) is 24.3 Å². The highest BCUT2D eigenvalue weighted by Gasteiger charge is 2.61. The number of nitrogens with zero attached hydrogens (tertiary/aromatic N) is 1. The minimum Gasteiger partial charge on any atom is -0.784 e. The third kappa shape index (κ3) is 2.05. The predicted octanol–water partition coefficient (Wildman–Crippen LogP) is -0.0207. The Balaban J connectivity index is 3.30. The van der Waals surface area contributed by atoms with E-state index >= 15 is 0 Å². The number of hydrogen-bond donors (Lipinski definition) is 4. The molecule has 0 amide bonds. The molecule has 0 aromatic heterocycles. The maximum Gasteiger partial charge on any atom is 0.357 e. The maximum atomic E-state index is 11.3. The summed E-state index contributed by atoms with van der Waals surface area (Å²) in [5, 5.41) is 8.31. The molecule has 0 spiro atoms. The van der Waals surface area contributed by atoms with Gasteiger partial charge in [0.15, 0.2) is 0 Å². The standard InChI is InChI=1S/C5H12NO7P2/c7-6-4-2-1-3-5(6,14(8,9)10)15(11,12)13/h1-4H2,(H2,8,9,10)(H2,11,12,13)/q-1. The molecule has 0 unspecified atom stereocenters. The molecule has 1 fully saturated rings. The van der Waals surface area contributed by atoms with E-state index in [2.05, 4.69) is 0 Å². The molecule has 1 aliphatic rings. The molecule has 1 heterocycles. The lowest BCUT2D eigenvalue weighted by Crippen LogP contribution is -2.47. The molecule has 0 radical (unpaired) electrons. The van der Waals surface area contributed by atoms with Crippen molar-refractivity contribution in [1.29, 1.82) is 0 Å². The van der Waals surface area contributed by atoms with Crippen molar-refractivity contribution in [3.05, 3.63) is 5.21 Å². The van der Waals surface area contributed by atoms with Crippen LogP contribution in [-0.4, -0.2) is 36.2 Å². The van der Waals surface area contributed by atoms with Gasteiger partial charge in [-0.05, 0) is 25.8 Å². The van der Waals surface area contributed by atoms with E-state index < -0.39 is 26.6 Å².